The second-order valence-electron chi connectivity index (χ2n) is 3.86. The zero-order valence-corrected chi connectivity index (χ0v) is 9.08. The first kappa shape index (κ1) is 11.3. The zero-order valence-electron chi connectivity index (χ0n) is 9.08. The minimum absolute atomic E-state index is 0.0456. The van der Waals surface area contributed by atoms with Crippen molar-refractivity contribution >= 4 is 6.03 Å². The van der Waals surface area contributed by atoms with E-state index in [1.165, 1.54) is 0 Å². The van der Waals surface area contributed by atoms with Crippen LogP contribution in [0.15, 0.2) is 0 Å². The van der Waals surface area contributed by atoms with E-state index in [0.29, 0.717) is 19.1 Å². The van der Waals surface area contributed by atoms with Crippen LogP contribution in [0.2, 0.25) is 0 Å². The molecular formula is C10H20N2O2. The molecule has 1 N–H and O–H groups in total. The summed E-state index contributed by atoms with van der Waals surface area (Å²) in [5, 5.41) is 2.88. The van der Waals surface area contributed by atoms with Crippen LogP contribution in [0, 0.1) is 5.92 Å². The van der Waals surface area contributed by atoms with Gasteiger partial charge in [0.1, 0.15) is 0 Å². The third-order valence-electron chi connectivity index (χ3n) is 2.25. The molecule has 4 heteroatoms. The maximum absolute atomic E-state index is 11.6. The lowest BCUT2D eigenvalue weighted by Crippen LogP contribution is -2.42. The summed E-state index contributed by atoms with van der Waals surface area (Å²) < 4.78 is 5.37. The highest BCUT2D eigenvalue weighted by atomic mass is 16.5. The van der Waals surface area contributed by atoms with Gasteiger partial charge in [-0.1, -0.05) is 13.8 Å². The minimum atomic E-state index is 0.0456. The fourth-order valence-corrected chi connectivity index (χ4v) is 1.51. The van der Waals surface area contributed by atoms with E-state index in [2.05, 4.69) is 19.2 Å². The molecule has 0 saturated carbocycles. The van der Waals surface area contributed by atoms with E-state index in [9.17, 15) is 4.79 Å². The Bertz CT molecular complexity index is 185. The summed E-state index contributed by atoms with van der Waals surface area (Å²) in [7, 11) is 0. The summed E-state index contributed by atoms with van der Waals surface area (Å²) in [6.45, 7) is 7.83. The van der Waals surface area contributed by atoms with Gasteiger partial charge in [0.15, 0.2) is 0 Å². The summed E-state index contributed by atoms with van der Waals surface area (Å²) in [5.74, 6) is 0.435. The van der Waals surface area contributed by atoms with E-state index in [4.69, 9.17) is 4.74 Å². The summed E-state index contributed by atoms with van der Waals surface area (Å²) >= 11 is 0. The van der Waals surface area contributed by atoms with Gasteiger partial charge in [-0.3, -0.25) is 0 Å². The van der Waals surface area contributed by atoms with Gasteiger partial charge in [0.05, 0.1) is 13.2 Å². The van der Waals surface area contributed by atoms with Gasteiger partial charge in [-0.25, -0.2) is 4.79 Å². The molecule has 0 bridgehead atoms. The number of amides is 2. The number of rotatable bonds is 2. The number of nitrogens with one attached hydrogen (secondary N) is 1. The molecule has 0 aromatic rings. The van der Waals surface area contributed by atoms with Gasteiger partial charge in [-0.15, -0.1) is 0 Å². The molecule has 1 atom stereocenters. The van der Waals surface area contributed by atoms with Crippen molar-refractivity contribution in [1.29, 1.82) is 0 Å². The van der Waals surface area contributed by atoms with Gasteiger partial charge >= 0.3 is 6.03 Å². The lowest BCUT2D eigenvalue weighted by Gasteiger charge is -2.22. The van der Waals surface area contributed by atoms with Crippen molar-refractivity contribution in [2.75, 3.05) is 32.8 Å². The molecule has 1 aliphatic rings. The van der Waals surface area contributed by atoms with Crippen molar-refractivity contribution in [2.24, 2.45) is 5.92 Å². The average molecular weight is 200 g/mol. The molecule has 4 nitrogen and oxygen atoms in total. The maximum atomic E-state index is 11.6. The van der Waals surface area contributed by atoms with Crippen molar-refractivity contribution in [3.63, 3.8) is 0 Å². The fraction of sp³-hybridized carbons (Fsp3) is 0.900. The number of carbonyl (C=O) groups is 1. The van der Waals surface area contributed by atoms with Gasteiger partial charge < -0.3 is 15.0 Å². The molecule has 0 aliphatic carbocycles. The van der Waals surface area contributed by atoms with E-state index >= 15 is 0 Å². The zero-order chi connectivity index (χ0) is 10.4. The Morgan fingerprint density at radius 2 is 2.43 bits per heavy atom. The van der Waals surface area contributed by atoms with Crippen molar-refractivity contribution in [1.82, 2.24) is 10.2 Å². The molecular weight excluding hydrogens is 180 g/mol. The summed E-state index contributed by atoms with van der Waals surface area (Å²) in [4.78, 5) is 13.5. The van der Waals surface area contributed by atoms with Gasteiger partial charge in [0.2, 0.25) is 0 Å². The monoisotopic (exact) mass is 200 g/mol. The topological polar surface area (TPSA) is 41.6 Å². The first-order valence-corrected chi connectivity index (χ1v) is 5.34. The van der Waals surface area contributed by atoms with Gasteiger partial charge in [0, 0.05) is 19.6 Å². The van der Waals surface area contributed by atoms with Crippen LogP contribution in [0.3, 0.4) is 0 Å². The molecule has 0 aromatic heterocycles. The first-order chi connectivity index (χ1) is 6.74. The van der Waals surface area contributed by atoms with Crippen LogP contribution in [-0.4, -0.2) is 43.8 Å². The van der Waals surface area contributed by atoms with E-state index < -0.39 is 0 Å². The van der Waals surface area contributed by atoms with E-state index in [0.717, 1.165) is 26.1 Å². The highest BCUT2D eigenvalue weighted by Gasteiger charge is 2.18. The molecule has 1 aliphatic heterocycles. The van der Waals surface area contributed by atoms with Crippen LogP contribution >= 0.6 is 0 Å². The Kier molecular flexibility index (Phi) is 4.73. The highest BCUT2D eigenvalue weighted by Crippen LogP contribution is 2.05. The van der Waals surface area contributed by atoms with E-state index in [1.54, 1.807) is 0 Å². The fourth-order valence-electron chi connectivity index (χ4n) is 1.51. The number of ether oxygens (including phenoxy) is 1. The molecule has 1 unspecified atom stereocenters. The second-order valence-corrected chi connectivity index (χ2v) is 3.86. The number of hydrogen-bond acceptors (Lipinski definition) is 2. The molecule has 0 spiro atoms. The molecule has 2 amide bonds. The Balaban J connectivity index is 2.36. The minimum Gasteiger partial charge on any atom is -0.379 e. The summed E-state index contributed by atoms with van der Waals surface area (Å²) in [6.07, 6.45) is 0.978. The van der Waals surface area contributed by atoms with E-state index in [1.807, 2.05) is 4.90 Å². The molecule has 0 radical (unpaired) electrons. The quantitative estimate of drug-likeness (QED) is 0.724. The Morgan fingerprint density at radius 1 is 1.64 bits per heavy atom. The third kappa shape index (κ3) is 3.54. The molecule has 14 heavy (non-hydrogen) atoms. The molecule has 1 fully saturated rings. The Labute approximate surface area is 85.6 Å². The predicted molar refractivity (Wildman–Crippen MR) is 55.2 cm³/mol. The Morgan fingerprint density at radius 3 is 3.14 bits per heavy atom. The number of nitrogens with zero attached hydrogens (tertiary/aromatic N) is 1. The molecule has 82 valence electrons. The standard InChI is InChI=1S/C10H20N2O2/c1-3-4-11-10(13)12-5-6-14-8-9(2)7-12/h9H,3-8H2,1-2H3,(H,11,13). The second kappa shape index (κ2) is 5.86. The summed E-state index contributed by atoms with van der Waals surface area (Å²) in [6, 6.07) is 0.0456. The van der Waals surface area contributed by atoms with Crippen molar-refractivity contribution in [2.45, 2.75) is 20.3 Å². The van der Waals surface area contributed by atoms with Crippen LogP contribution in [0.4, 0.5) is 4.79 Å². The maximum Gasteiger partial charge on any atom is 0.317 e. The predicted octanol–water partition coefficient (Wildman–Crippen LogP) is 1.07. The SMILES string of the molecule is CCCNC(=O)N1CCOCC(C)C1. The average Bonchev–Trinajstić information content (AvgIpc) is 2.39. The smallest absolute Gasteiger partial charge is 0.317 e. The lowest BCUT2D eigenvalue weighted by molar-refractivity contribution is 0.126. The van der Waals surface area contributed by atoms with Crippen LogP contribution in [0.25, 0.3) is 0 Å². The first-order valence-electron chi connectivity index (χ1n) is 5.34. The van der Waals surface area contributed by atoms with Crippen LogP contribution < -0.4 is 5.32 Å². The van der Waals surface area contributed by atoms with Crippen molar-refractivity contribution in [3.8, 4) is 0 Å². The van der Waals surface area contributed by atoms with Crippen LogP contribution in [-0.2, 0) is 4.74 Å². The molecule has 0 aromatic carbocycles. The number of carbonyl (C=O) groups excluding carboxylic acids is 1. The van der Waals surface area contributed by atoms with Gasteiger partial charge in [-0.05, 0) is 12.3 Å². The molecule has 1 saturated heterocycles. The lowest BCUT2D eigenvalue weighted by atomic mass is 10.2. The van der Waals surface area contributed by atoms with Gasteiger partial charge in [0.25, 0.3) is 0 Å². The van der Waals surface area contributed by atoms with Crippen LogP contribution in [0.5, 0.6) is 0 Å². The van der Waals surface area contributed by atoms with Crippen LogP contribution in [0.1, 0.15) is 20.3 Å². The third-order valence-corrected chi connectivity index (χ3v) is 2.25. The van der Waals surface area contributed by atoms with Gasteiger partial charge in [-0.2, -0.15) is 0 Å². The highest BCUT2D eigenvalue weighted by molar-refractivity contribution is 5.74. The molecule has 1 rings (SSSR count). The normalized spacial score (nSPS) is 23.0. The number of hydrogen-bond donors (Lipinski definition) is 1. The largest absolute Gasteiger partial charge is 0.379 e. The number of urea groups is 1. The summed E-state index contributed by atoms with van der Waals surface area (Å²) in [5.41, 5.74) is 0. The Hall–Kier alpha value is -0.770. The van der Waals surface area contributed by atoms with Crippen molar-refractivity contribution < 1.29 is 9.53 Å². The van der Waals surface area contributed by atoms with Crippen molar-refractivity contribution in [3.05, 3.63) is 0 Å². The molecule has 1 heterocycles. The van der Waals surface area contributed by atoms with E-state index in [-0.39, 0.29) is 6.03 Å².